The minimum absolute atomic E-state index is 0.0227. The molecule has 57 heavy (non-hydrogen) atoms. The number of esters is 1. The van der Waals surface area contributed by atoms with Gasteiger partial charge in [-0.3, -0.25) is 9.59 Å². The van der Waals surface area contributed by atoms with E-state index in [0.29, 0.717) is 25.7 Å². The Morgan fingerprint density at radius 2 is 0.947 bits per heavy atom. The van der Waals surface area contributed by atoms with Crippen LogP contribution in [0.1, 0.15) is 188 Å². The van der Waals surface area contributed by atoms with Crippen LogP contribution in [0.25, 0.3) is 0 Å². The molecule has 6 nitrogen and oxygen atoms in total. The van der Waals surface area contributed by atoms with Crippen LogP contribution in [0.3, 0.4) is 0 Å². The molecule has 0 aliphatic heterocycles. The van der Waals surface area contributed by atoms with Crippen molar-refractivity contribution in [1.82, 2.24) is 5.32 Å². The van der Waals surface area contributed by atoms with E-state index in [2.05, 4.69) is 123 Å². The van der Waals surface area contributed by atoms with E-state index in [-0.39, 0.29) is 24.9 Å². The molecule has 0 rings (SSSR count). The molecular formula is C51H85NO5. The Morgan fingerprint density at radius 1 is 0.526 bits per heavy atom. The zero-order valence-corrected chi connectivity index (χ0v) is 36.7. The van der Waals surface area contributed by atoms with Gasteiger partial charge in [0.05, 0.1) is 25.2 Å². The standard InChI is InChI=1S/C51H85NO5/c1-4-7-10-13-16-19-21-23-24-25-26-27-29-32-35-38-41-44-51(56)57-47(42-39-36-33-31-28-22-20-17-14-11-8-5-2)45-50(55)52-48(46-53)49(54)43-40-37-34-30-18-15-12-9-6-3/h7-8,10-11,16-17,19-20,23-24,26-28,31-32,35,47-49,53-54H,4-6,9,12-15,18,21-22,25,29-30,33-34,36-46H2,1-3H3,(H,52,55)/b10-7-,11-8+,19-16-,20-17+,24-23-,27-26-,31-28+,35-32-. The zero-order chi connectivity index (χ0) is 41.7. The molecule has 0 aromatic carbocycles. The van der Waals surface area contributed by atoms with Crippen molar-refractivity contribution in [3.05, 3.63) is 97.2 Å². The van der Waals surface area contributed by atoms with E-state index < -0.39 is 18.2 Å². The lowest BCUT2D eigenvalue weighted by molar-refractivity contribution is -0.151. The van der Waals surface area contributed by atoms with E-state index in [1.54, 1.807) is 0 Å². The molecule has 3 unspecified atom stereocenters. The molecule has 0 aromatic rings. The monoisotopic (exact) mass is 792 g/mol. The highest BCUT2D eigenvalue weighted by molar-refractivity contribution is 5.77. The van der Waals surface area contributed by atoms with Gasteiger partial charge in [-0.15, -0.1) is 0 Å². The molecule has 0 saturated heterocycles. The van der Waals surface area contributed by atoms with Crippen LogP contribution in [-0.4, -0.2) is 46.9 Å². The van der Waals surface area contributed by atoms with Crippen molar-refractivity contribution >= 4 is 11.9 Å². The van der Waals surface area contributed by atoms with Gasteiger partial charge < -0.3 is 20.3 Å². The summed E-state index contributed by atoms with van der Waals surface area (Å²) in [6, 6.07) is -0.729. The minimum Gasteiger partial charge on any atom is -0.462 e. The molecule has 3 atom stereocenters. The fourth-order valence-corrected chi connectivity index (χ4v) is 6.24. The molecule has 0 saturated carbocycles. The summed E-state index contributed by atoms with van der Waals surface area (Å²) in [5, 5.41) is 23.6. The van der Waals surface area contributed by atoms with Crippen molar-refractivity contribution < 1.29 is 24.5 Å². The van der Waals surface area contributed by atoms with Gasteiger partial charge in [0.1, 0.15) is 6.10 Å². The first-order chi connectivity index (χ1) is 28.0. The normalized spacial score (nSPS) is 14.3. The van der Waals surface area contributed by atoms with Crippen molar-refractivity contribution in [2.75, 3.05) is 6.61 Å². The summed E-state index contributed by atoms with van der Waals surface area (Å²) in [5.74, 6) is -0.595. The van der Waals surface area contributed by atoms with E-state index in [4.69, 9.17) is 4.74 Å². The fraction of sp³-hybridized carbons (Fsp3) is 0.647. The maximum absolute atomic E-state index is 13.1. The number of allylic oxidation sites excluding steroid dienone is 16. The number of hydrogen-bond acceptors (Lipinski definition) is 5. The number of hydrogen-bond donors (Lipinski definition) is 3. The van der Waals surface area contributed by atoms with E-state index >= 15 is 0 Å². The summed E-state index contributed by atoms with van der Waals surface area (Å²) >= 11 is 0. The van der Waals surface area contributed by atoms with Gasteiger partial charge in [-0.25, -0.2) is 0 Å². The van der Waals surface area contributed by atoms with Gasteiger partial charge in [-0.2, -0.15) is 0 Å². The second kappa shape index (κ2) is 43.9. The fourth-order valence-electron chi connectivity index (χ4n) is 6.24. The van der Waals surface area contributed by atoms with E-state index in [1.165, 1.54) is 38.5 Å². The molecular weight excluding hydrogens is 707 g/mol. The van der Waals surface area contributed by atoms with Crippen LogP contribution >= 0.6 is 0 Å². The van der Waals surface area contributed by atoms with Gasteiger partial charge in [0.15, 0.2) is 0 Å². The molecule has 0 aliphatic carbocycles. The number of carbonyl (C=O) groups excluding carboxylic acids is 2. The highest BCUT2D eigenvalue weighted by Gasteiger charge is 2.24. The summed E-state index contributed by atoms with van der Waals surface area (Å²) in [5.41, 5.74) is 0. The number of aliphatic hydroxyl groups excluding tert-OH is 2. The maximum Gasteiger partial charge on any atom is 0.306 e. The lowest BCUT2D eigenvalue weighted by atomic mass is 10.0. The Hall–Kier alpha value is -3.22. The first kappa shape index (κ1) is 53.8. The van der Waals surface area contributed by atoms with Crippen molar-refractivity contribution in [1.29, 1.82) is 0 Å². The SMILES string of the molecule is CC/C=C\C/C=C\C/C=C\C/C=C\C/C=C\CCCC(=O)OC(CCCC/C=C/C/C=C/C/C=C/CC)CC(=O)NC(CO)C(O)CCCCCCCCCCC. The highest BCUT2D eigenvalue weighted by Crippen LogP contribution is 2.16. The van der Waals surface area contributed by atoms with E-state index in [1.807, 2.05) is 0 Å². The molecule has 0 bridgehead atoms. The second-order valence-corrected chi connectivity index (χ2v) is 15.0. The number of ether oxygens (including phenoxy) is 1. The van der Waals surface area contributed by atoms with Gasteiger partial charge in [0.2, 0.25) is 5.91 Å². The number of unbranched alkanes of at least 4 members (excludes halogenated alkanes) is 11. The van der Waals surface area contributed by atoms with Crippen LogP contribution < -0.4 is 5.32 Å². The second-order valence-electron chi connectivity index (χ2n) is 15.0. The smallest absolute Gasteiger partial charge is 0.306 e. The van der Waals surface area contributed by atoms with E-state index in [9.17, 15) is 19.8 Å². The summed E-state index contributed by atoms with van der Waals surface area (Å²) in [6.07, 6.45) is 57.6. The molecule has 0 aromatic heterocycles. The van der Waals surface area contributed by atoms with Crippen LogP contribution in [0.4, 0.5) is 0 Å². The highest BCUT2D eigenvalue weighted by atomic mass is 16.5. The molecule has 0 heterocycles. The van der Waals surface area contributed by atoms with Crippen molar-refractivity contribution in [3.63, 3.8) is 0 Å². The molecule has 1 amide bonds. The predicted octanol–water partition coefficient (Wildman–Crippen LogP) is 13.4. The largest absolute Gasteiger partial charge is 0.462 e. The Morgan fingerprint density at radius 3 is 1.42 bits per heavy atom. The topological polar surface area (TPSA) is 95.9 Å². The average molecular weight is 792 g/mol. The molecule has 324 valence electrons. The van der Waals surface area contributed by atoms with Gasteiger partial charge in [-0.05, 0) is 96.3 Å². The maximum atomic E-state index is 13.1. The lowest BCUT2D eigenvalue weighted by Gasteiger charge is -2.24. The van der Waals surface area contributed by atoms with Gasteiger partial charge in [0.25, 0.3) is 0 Å². The number of amides is 1. The van der Waals surface area contributed by atoms with Crippen molar-refractivity contribution in [3.8, 4) is 0 Å². The minimum atomic E-state index is -0.810. The molecule has 3 N–H and O–H groups in total. The van der Waals surface area contributed by atoms with Gasteiger partial charge in [0, 0.05) is 6.42 Å². The number of nitrogens with one attached hydrogen (secondary N) is 1. The van der Waals surface area contributed by atoms with Gasteiger partial charge >= 0.3 is 5.97 Å². The summed E-state index contributed by atoms with van der Waals surface area (Å²) < 4.78 is 5.85. The molecule has 6 heteroatoms. The molecule has 0 fully saturated rings. The molecule has 0 radical (unpaired) electrons. The Balaban J connectivity index is 4.76. The first-order valence-corrected chi connectivity index (χ1v) is 23.0. The number of rotatable bonds is 39. The predicted molar refractivity (Wildman–Crippen MR) is 245 cm³/mol. The van der Waals surface area contributed by atoms with E-state index in [0.717, 1.165) is 96.3 Å². The zero-order valence-electron chi connectivity index (χ0n) is 36.7. The Labute approximate surface area is 350 Å². The number of aliphatic hydroxyl groups is 2. The van der Waals surface area contributed by atoms with Crippen LogP contribution in [-0.2, 0) is 14.3 Å². The van der Waals surface area contributed by atoms with Crippen molar-refractivity contribution in [2.24, 2.45) is 0 Å². The third kappa shape index (κ3) is 39.4. The average Bonchev–Trinajstić information content (AvgIpc) is 3.20. The summed E-state index contributed by atoms with van der Waals surface area (Å²) in [4.78, 5) is 26.0. The van der Waals surface area contributed by atoms with Crippen LogP contribution in [0.15, 0.2) is 97.2 Å². The van der Waals surface area contributed by atoms with Crippen LogP contribution in [0, 0.1) is 0 Å². The Bertz CT molecular complexity index is 1160. The quantitative estimate of drug-likeness (QED) is 0.0327. The lowest BCUT2D eigenvalue weighted by Crippen LogP contribution is -2.46. The summed E-state index contributed by atoms with van der Waals surface area (Å²) in [7, 11) is 0. The molecule has 0 spiro atoms. The first-order valence-electron chi connectivity index (χ1n) is 23.0. The van der Waals surface area contributed by atoms with Gasteiger partial charge in [-0.1, -0.05) is 176 Å². The van der Waals surface area contributed by atoms with Crippen molar-refractivity contribution in [2.45, 2.75) is 206 Å². The molecule has 0 aliphatic rings. The third-order valence-corrected chi connectivity index (χ3v) is 9.66. The van der Waals surface area contributed by atoms with Crippen LogP contribution in [0.2, 0.25) is 0 Å². The summed E-state index contributed by atoms with van der Waals surface area (Å²) in [6.45, 7) is 6.18. The Kier molecular flexibility index (Phi) is 41.4. The van der Waals surface area contributed by atoms with Crippen LogP contribution in [0.5, 0.6) is 0 Å². The third-order valence-electron chi connectivity index (χ3n) is 9.66. The number of carbonyl (C=O) groups is 2.